The summed E-state index contributed by atoms with van der Waals surface area (Å²) < 4.78 is 11.4. The lowest BCUT2D eigenvalue weighted by molar-refractivity contribution is 0.181. The summed E-state index contributed by atoms with van der Waals surface area (Å²) in [6.07, 6.45) is 1.13. The molecule has 2 aromatic rings. The summed E-state index contributed by atoms with van der Waals surface area (Å²) in [5.74, 6) is 2.44. The fourth-order valence-corrected chi connectivity index (χ4v) is 3.14. The first-order chi connectivity index (χ1) is 11.2. The minimum atomic E-state index is 0. The highest BCUT2D eigenvalue weighted by molar-refractivity contribution is 14.0. The number of hydrogen-bond acceptors (Lipinski definition) is 3. The average molecular weight is 443 g/mol. The van der Waals surface area contributed by atoms with Crippen LogP contribution in [-0.4, -0.2) is 44.7 Å². The number of rotatable bonds is 4. The largest absolute Gasteiger partial charge is 0.459 e. The molecule has 6 heteroatoms. The van der Waals surface area contributed by atoms with Crippen LogP contribution in [0.1, 0.15) is 17.7 Å². The number of aryl methyl sites for hydroxylation is 1. The number of fused-ring (bicyclic) bond motifs is 1. The summed E-state index contributed by atoms with van der Waals surface area (Å²) in [5.41, 5.74) is 2.13. The van der Waals surface area contributed by atoms with Crippen molar-refractivity contribution in [2.24, 2.45) is 10.9 Å². The van der Waals surface area contributed by atoms with Crippen molar-refractivity contribution in [2.75, 3.05) is 33.9 Å². The molecule has 3 rings (SSSR count). The van der Waals surface area contributed by atoms with Gasteiger partial charge in [0.25, 0.3) is 0 Å². The Morgan fingerprint density at radius 3 is 2.83 bits per heavy atom. The molecule has 24 heavy (non-hydrogen) atoms. The van der Waals surface area contributed by atoms with Crippen LogP contribution in [0.15, 0.2) is 33.7 Å². The summed E-state index contributed by atoms with van der Waals surface area (Å²) in [7, 11) is 3.88. The van der Waals surface area contributed by atoms with Crippen molar-refractivity contribution in [3.63, 3.8) is 0 Å². The van der Waals surface area contributed by atoms with Gasteiger partial charge in [0, 0.05) is 44.1 Å². The highest BCUT2D eigenvalue weighted by Crippen LogP contribution is 2.24. The van der Waals surface area contributed by atoms with Crippen LogP contribution in [0, 0.1) is 12.8 Å². The van der Waals surface area contributed by atoms with Gasteiger partial charge in [0.05, 0.1) is 13.2 Å². The van der Waals surface area contributed by atoms with Crippen LogP contribution >= 0.6 is 24.0 Å². The third-order valence-corrected chi connectivity index (χ3v) is 4.48. The van der Waals surface area contributed by atoms with E-state index in [0.29, 0.717) is 12.5 Å². The van der Waals surface area contributed by atoms with E-state index in [1.807, 2.05) is 25.2 Å². The molecule has 0 saturated carbocycles. The zero-order chi connectivity index (χ0) is 16.2. The van der Waals surface area contributed by atoms with Gasteiger partial charge in [0.2, 0.25) is 0 Å². The minimum absolute atomic E-state index is 0. The Labute approximate surface area is 160 Å². The van der Waals surface area contributed by atoms with Crippen LogP contribution in [0.25, 0.3) is 11.0 Å². The Morgan fingerprint density at radius 1 is 1.38 bits per heavy atom. The molecule has 1 atom stereocenters. The number of furan rings is 1. The van der Waals surface area contributed by atoms with Crippen molar-refractivity contribution in [1.29, 1.82) is 0 Å². The maximum Gasteiger partial charge on any atom is 0.193 e. The minimum Gasteiger partial charge on any atom is -0.459 e. The van der Waals surface area contributed by atoms with Crippen LogP contribution in [0.5, 0.6) is 0 Å². The fourth-order valence-electron chi connectivity index (χ4n) is 3.14. The fraction of sp³-hybridized carbons (Fsp3) is 0.500. The molecule has 1 saturated heterocycles. The van der Waals surface area contributed by atoms with Crippen molar-refractivity contribution >= 4 is 40.9 Å². The number of nitrogens with one attached hydrogen (secondary N) is 1. The molecule has 0 spiro atoms. The van der Waals surface area contributed by atoms with Gasteiger partial charge in [0.1, 0.15) is 11.3 Å². The maximum absolute atomic E-state index is 5.95. The molecule has 2 heterocycles. The van der Waals surface area contributed by atoms with E-state index >= 15 is 0 Å². The molecule has 0 bridgehead atoms. The highest BCUT2D eigenvalue weighted by atomic mass is 127. The van der Waals surface area contributed by atoms with E-state index < -0.39 is 0 Å². The Bertz CT molecular complexity index is 693. The number of halogens is 1. The average Bonchev–Trinajstić information content (AvgIpc) is 3.17. The van der Waals surface area contributed by atoms with Gasteiger partial charge >= 0.3 is 0 Å². The molecule has 0 radical (unpaired) electrons. The van der Waals surface area contributed by atoms with Crippen LogP contribution in [0.2, 0.25) is 0 Å². The van der Waals surface area contributed by atoms with Gasteiger partial charge in [-0.3, -0.25) is 4.99 Å². The first-order valence-corrected chi connectivity index (χ1v) is 8.15. The van der Waals surface area contributed by atoms with E-state index in [1.165, 1.54) is 10.9 Å². The van der Waals surface area contributed by atoms with Gasteiger partial charge in [-0.2, -0.15) is 0 Å². The van der Waals surface area contributed by atoms with E-state index in [2.05, 4.69) is 35.2 Å². The predicted molar refractivity (Wildman–Crippen MR) is 108 cm³/mol. The van der Waals surface area contributed by atoms with Crippen LogP contribution in [0.4, 0.5) is 0 Å². The van der Waals surface area contributed by atoms with Gasteiger partial charge in [0.15, 0.2) is 5.96 Å². The lowest BCUT2D eigenvalue weighted by Crippen LogP contribution is -2.41. The summed E-state index contributed by atoms with van der Waals surface area (Å²) in [6, 6.07) is 8.14. The molecule has 132 valence electrons. The molecule has 1 unspecified atom stereocenters. The molecule has 5 nitrogen and oxygen atoms in total. The molecular formula is C18H26IN3O2. The molecule has 1 aliphatic heterocycles. The molecular weight excluding hydrogens is 417 g/mol. The predicted octanol–water partition coefficient (Wildman–Crippen LogP) is 3.40. The molecule has 1 N–H and O–H groups in total. The zero-order valence-electron chi connectivity index (χ0n) is 14.5. The standard InChI is InChI=1S/C18H25N3O2.HI/c1-13-15-6-4-5-7-16(15)23-17(13)10-20-18(19-2)21(3)11-14-8-9-22-12-14;/h4-7,14H,8-12H2,1-3H3,(H,19,20);1H. The van der Waals surface area contributed by atoms with Gasteiger partial charge in [-0.15, -0.1) is 24.0 Å². The Kier molecular flexibility index (Phi) is 6.91. The van der Waals surface area contributed by atoms with Gasteiger partial charge < -0.3 is 19.4 Å². The number of nitrogens with zero attached hydrogens (tertiary/aromatic N) is 2. The van der Waals surface area contributed by atoms with Crippen LogP contribution in [-0.2, 0) is 11.3 Å². The summed E-state index contributed by atoms with van der Waals surface area (Å²) in [4.78, 5) is 6.54. The topological polar surface area (TPSA) is 50.0 Å². The van der Waals surface area contributed by atoms with Crippen molar-refractivity contribution in [3.05, 3.63) is 35.6 Å². The van der Waals surface area contributed by atoms with Crippen molar-refractivity contribution in [2.45, 2.75) is 19.9 Å². The number of aliphatic imine (C=N–C) groups is 1. The van der Waals surface area contributed by atoms with Crippen LogP contribution < -0.4 is 5.32 Å². The Morgan fingerprint density at radius 2 is 2.17 bits per heavy atom. The molecule has 0 amide bonds. The van der Waals surface area contributed by atoms with Gasteiger partial charge in [-0.25, -0.2) is 0 Å². The second-order valence-corrected chi connectivity index (χ2v) is 6.16. The number of benzene rings is 1. The summed E-state index contributed by atoms with van der Waals surface area (Å²) in [5, 5.41) is 4.58. The van der Waals surface area contributed by atoms with Crippen molar-refractivity contribution < 1.29 is 9.15 Å². The van der Waals surface area contributed by atoms with Gasteiger partial charge in [-0.1, -0.05) is 18.2 Å². The normalized spacial score (nSPS) is 17.8. The smallest absolute Gasteiger partial charge is 0.193 e. The molecule has 0 aliphatic carbocycles. The van der Waals surface area contributed by atoms with E-state index in [1.54, 1.807) is 0 Å². The van der Waals surface area contributed by atoms with Crippen molar-refractivity contribution in [3.8, 4) is 0 Å². The molecule has 1 fully saturated rings. The van der Waals surface area contributed by atoms with Gasteiger partial charge in [-0.05, 0) is 19.4 Å². The molecule has 1 aliphatic rings. The lowest BCUT2D eigenvalue weighted by Gasteiger charge is -2.24. The first-order valence-electron chi connectivity index (χ1n) is 8.15. The molecule has 1 aromatic carbocycles. The second-order valence-electron chi connectivity index (χ2n) is 6.16. The zero-order valence-corrected chi connectivity index (χ0v) is 16.9. The third kappa shape index (κ3) is 4.22. The highest BCUT2D eigenvalue weighted by Gasteiger charge is 2.19. The lowest BCUT2D eigenvalue weighted by atomic mass is 10.1. The Hall–Kier alpha value is -1.28. The SMILES string of the molecule is CN=C(NCc1oc2ccccc2c1C)N(C)CC1CCOC1.I. The monoisotopic (exact) mass is 443 g/mol. The Balaban J connectivity index is 0.00000208. The van der Waals surface area contributed by atoms with Crippen molar-refractivity contribution in [1.82, 2.24) is 10.2 Å². The quantitative estimate of drug-likeness (QED) is 0.447. The van der Waals surface area contributed by atoms with E-state index in [-0.39, 0.29) is 24.0 Å². The maximum atomic E-state index is 5.95. The number of ether oxygens (including phenoxy) is 1. The molecule has 1 aromatic heterocycles. The summed E-state index contributed by atoms with van der Waals surface area (Å²) in [6.45, 7) is 5.43. The second kappa shape index (κ2) is 8.71. The number of hydrogen-bond donors (Lipinski definition) is 1. The van der Waals surface area contributed by atoms with Crippen LogP contribution in [0.3, 0.4) is 0 Å². The number of guanidine groups is 1. The third-order valence-electron chi connectivity index (χ3n) is 4.48. The summed E-state index contributed by atoms with van der Waals surface area (Å²) >= 11 is 0. The van der Waals surface area contributed by atoms with E-state index in [0.717, 1.165) is 43.5 Å². The first kappa shape index (κ1) is 19.1. The number of para-hydroxylation sites is 1. The van der Waals surface area contributed by atoms with E-state index in [9.17, 15) is 0 Å². The van der Waals surface area contributed by atoms with E-state index in [4.69, 9.17) is 9.15 Å².